The van der Waals surface area contributed by atoms with Crippen molar-refractivity contribution in [2.45, 2.75) is 39.3 Å². The van der Waals surface area contributed by atoms with Crippen LogP contribution in [0.1, 0.15) is 37.2 Å². The van der Waals surface area contributed by atoms with Crippen LogP contribution in [0.2, 0.25) is 0 Å². The summed E-state index contributed by atoms with van der Waals surface area (Å²) in [6.07, 6.45) is 6.44. The summed E-state index contributed by atoms with van der Waals surface area (Å²) in [4.78, 5) is 46.1. The van der Waals surface area contributed by atoms with E-state index in [2.05, 4.69) is 25.8 Å². The van der Waals surface area contributed by atoms with Crippen LogP contribution in [-0.4, -0.2) is 79.2 Å². The molecular formula is C31H38N8O4. The number of imidazole rings is 1. The van der Waals surface area contributed by atoms with Crippen molar-refractivity contribution in [3.8, 4) is 28.5 Å². The van der Waals surface area contributed by atoms with Crippen molar-refractivity contribution >= 4 is 17.7 Å². The van der Waals surface area contributed by atoms with Gasteiger partial charge in [0.1, 0.15) is 29.0 Å². The Morgan fingerprint density at radius 2 is 1.98 bits per heavy atom. The summed E-state index contributed by atoms with van der Waals surface area (Å²) in [7, 11) is 1.90. The fourth-order valence-corrected chi connectivity index (χ4v) is 5.17. The summed E-state index contributed by atoms with van der Waals surface area (Å²) < 4.78 is 9.91. The number of carbonyl (C=O) groups is 3. The molecule has 4 aromatic rings. The Morgan fingerprint density at radius 3 is 2.77 bits per heavy atom. The van der Waals surface area contributed by atoms with Gasteiger partial charge in [0, 0.05) is 50.8 Å². The van der Waals surface area contributed by atoms with Gasteiger partial charge in [-0.05, 0) is 49.1 Å². The second-order valence-electron chi connectivity index (χ2n) is 11.1. The third-order valence-electron chi connectivity index (χ3n) is 7.30. The van der Waals surface area contributed by atoms with Crippen molar-refractivity contribution in [3.63, 3.8) is 0 Å². The van der Waals surface area contributed by atoms with Gasteiger partial charge in [-0.1, -0.05) is 26.0 Å². The molecule has 3 amide bonds. The molecule has 1 atom stereocenters. The third-order valence-corrected chi connectivity index (χ3v) is 7.30. The van der Waals surface area contributed by atoms with E-state index in [9.17, 15) is 14.4 Å². The van der Waals surface area contributed by atoms with Crippen LogP contribution in [0.3, 0.4) is 0 Å². The van der Waals surface area contributed by atoms with E-state index in [1.165, 1.54) is 4.90 Å². The lowest BCUT2D eigenvalue weighted by atomic mass is 10.0. The fraction of sp³-hybridized carbons (Fsp3) is 0.387. The highest BCUT2D eigenvalue weighted by Gasteiger charge is 2.26. The SMILES string of the molecule is CC(C)C[C@H]1NC(=O)CN(C(=O)c2cc(-c3cccn3C)n[nH]2)CCCOc2cccc(c2)-c2nccn2CCNC1=O. The topological polar surface area (TPSA) is 139 Å². The minimum atomic E-state index is -0.735. The number of aryl methyl sites for hydroxylation is 1. The molecule has 0 radical (unpaired) electrons. The van der Waals surface area contributed by atoms with E-state index < -0.39 is 11.9 Å². The molecule has 1 aromatic carbocycles. The average Bonchev–Trinajstić information content (AvgIpc) is 3.74. The molecule has 1 aliphatic heterocycles. The second kappa shape index (κ2) is 13.4. The normalized spacial score (nSPS) is 16.9. The number of H-pyrrole nitrogens is 1. The summed E-state index contributed by atoms with van der Waals surface area (Å²) >= 11 is 0. The number of nitrogens with zero attached hydrogens (tertiary/aromatic N) is 5. The average molecular weight is 587 g/mol. The first-order valence-electron chi connectivity index (χ1n) is 14.6. The molecular weight excluding hydrogens is 548 g/mol. The van der Waals surface area contributed by atoms with E-state index in [1.807, 2.05) is 78.8 Å². The standard InChI is InChI=1S/C31H38N8O4/c1-21(2)17-25-30(41)33-11-15-38-14-10-32-29(38)22-7-4-8-23(18-22)43-16-6-13-39(20-28(40)34-25)31(42)26-19-24(35-36-26)27-9-5-12-37(27)3/h4-5,7-10,12,14,18-19,21,25H,6,11,13,15-17,20H2,1-3H3,(H,33,41)(H,34,40)(H,35,36)/t25-/m1/s1. The minimum absolute atomic E-state index is 0.164. The number of aromatic nitrogens is 5. The van der Waals surface area contributed by atoms with Gasteiger partial charge in [-0.15, -0.1) is 0 Å². The van der Waals surface area contributed by atoms with Crippen molar-refractivity contribution in [3.05, 3.63) is 66.7 Å². The van der Waals surface area contributed by atoms with E-state index in [0.717, 1.165) is 17.1 Å². The molecule has 12 heteroatoms. The molecule has 1 aliphatic rings. The molecule has 3 aromatic heterocycles. The van der Waals surface area contributed by atoms with Gasteiger partial charge >= 0.3 is 0 Å². The fourth-order valence-electron chi connectivity index (χ4n) is 5.17. The Hall–Kier alpha value is -4.87. The van der Waals surface area contributed by atoms with E-state index in [0.29, 0.717) is 44.0 Å². The van der Waals surface area contributed by atoms with Gasteiger partial charge in [0.2, 0.25) is 11.8 Å². The van der Waals surface area contributed by atoms with Crippen LogP contribution in [0.4, 0.5) is 0 Å². The molecule has 5 rings (SSSR count). The van der Waals surface area contributed by atoms with Crippen LogP contribution in [0.15, 0.2) is 61.1 Å². The maximum absolute atomic E-state index is 13.6. The highest BCUT2D eigenvalue weighted by atomic mass is 16.5. The molecule has 0 spiro atoms. The first-order chi connectivity index (χ1) is 20.8. The van der Waals surface area contributed by atoms with Gasteiger partial charge in [0.15, 0.2) is 0 Å². The molecule has 0 saturated heterocycles. The van der Waals surface area contributed by atoms with Crippen LogP contribution in [0.25, 0.3) is 22.8 Å². The van der Waals surface area contributed by atoms with Crippen molar-refractivity contribution < 1.29 is 19.1 Å². The molecule has 12 nitrogen and oxygen atoms in total. The van der Waals surface area contributed by atoms with Gasteiger partial charge in [0.05, 0.1) is 18.8 Å². The molecule has 0 fully saturated rings. The molecule has 0 unspecified atom stereocenters. The first kappa shape index (κ1) is 29.6. The lowest BCUT2D eigenvalue weighted by Crippen LogP contribution is -2.51. The molecule has 0 aliphatic carbocycles. The zero-order valence-corrected chi connectivity index (χ0v) is 24.7. The molecule has 43 heavy (non-hydrogen) atoms. The lowest BCUT2D eigenvalue weighted by Gasteiger charge is -2.25. The number of rotatable bonds is 4. The van der Waals surface area contributed by atoms with Crippen molar-refractivity contribution in [2.75, 3.05) is 26.2 Å². The van der Waals surface area contributed by atoms with Gasteiger partial charge < -0.3 is 29.4 Å². The Morgan fingerprint density at radius 1 is 1.12 bits per heavy atom. The Balaban J connectivity index is 1.39. The van der Waals surface area contributed by atoms with Crippen LogP contribution < -0.4 is 15.4 Å². The molecule has 2 bridgehead atoms. The number of ether oxygens (including phenoxy) is 1. The predicted octanol–water partition coefficient (Wildman–Crippen LogP) is 2.85. The van der Waals surface area contributed by atoms with E-state index in [-0.39, 0.29) is 36.5 Å². The Labute approximate surface area is 250 Å². The summed E-state index contributed by atoms with van der Waals surface area (Å²) in [5, 5.41) is 13.0. The van der Waals surface area contributed by atoms with Gasteiger partial charge in [-0.2, -0.15) is 5.10 Å². The first-order valence-corrected chi connectivity index (χ1v) is 14.6. The van der Waals surface area contributed by atoms with Crippen molar-refractivity contribution in [2.24, 2.45) is 13.0 Å². The Bertz CT molecular complexity index is 1570. The number of hydrogen-bond donors (Lipinski definition) is 3. The van der Waals surface area contributed by atoms with Crippen LogP contribution in [0.5, 0.6) is 5.75 Å². The minimum Gasteiger partial charge on any atom is -0.494 e. The van der Waals surface area contributed by atoms with E-state index in [1.54, 1.807) is 12.3 Å². The van der Waals surface area contributed by atoms with Crippen LogP contribution in [0, 0.1) is 5.92 Å². The quantitative estimate of drug-likeness (QED) is 0.336. The predicted molar refractivity (Wildman–Crippen MR) is 161 cm³/mol. The smallest absolute Gasteiger partial charge is 0.272 e. The Kier molecular flexibility index (Phi) is 9.23. The van der Waals surface area contributed by atoms with Gasteiger partial charge in [0.25, 0.3) is 5.91 Å². The highest BCUT2D eigenvalue weighted by Crippen LogP contribution is 2.23. The summed E-state index contributed by atoms with van der Waals surface area (Å²) in [5.74, 6) is 0.559. The third kappa shape index (κ3) is 7.32. The molecule has 3 N–H and O–H groups in total. The number of carbonyl (C=O) groups excluding carboxylic acids is 3. The largest absolute Gasteiger partial charge is 0.494 e. The van der Waals surface area contributed by atoms with E-state index >= 15 is 0 Å². The summed E-state index contributed by atoms with van der Waals surface area (Å²) in [6, 6.07) is 12.4. The number of fused-ring (bicyclic) bond motifs is 4. The second-order valence-corrected chi connectivity index (χ2v) is 11.1. The van der Waals surface area contributed by atoms with E-state index in [4.69, 9.17) is 4.74 Å². The van der Waals surface area contributed by atoms with Crippen molar-refractivity contribution in [1.82, 2.24) is 39.8 Å². The molecule has 4 heterocycles. The zero-order valence-electron chi connectivity index (χ0n) is 24.7. The van der Waals surface area contributed by atoms with Crippen molar-refractivity contribution in [1.29, 1.82) is 0 Å². The number of aromatic amines is 1. The lowest BCUT2D eigenvalue weighted by molar-refractivity contribution is -0.129. The summed E-state index contributed by atoms with van der Waals surface area (Å²) in [6.45, 7) is 5.23. The monoisotopic (exact) mass is 586 g/mol. The van der Waals surface area contributed by atoms with Gasteiger partial charge in [-0.25, -0.2) is 4.98 Å². The van der Waals surface area contributed by atoms with Gasteiger partial charge in [-0.3, -0.25) is 19.5 Å². The van der Waals surface area contributed by atoms with Crippen LogP contribution in [-0.2, 0) is 23.2 Å². The molecule has 0 saturated carbocycles. The number of benzene rings is 1. The summed E-state index contributed by atoms with van der Waals surface area (Å²) in [5.41, 5.74) is 2.64. The highest BCUT2D eigenvalue weighted by molar-refractivity contribution is 5.96. The number of amides is 3. The number of nitrogens with one attached hydrogen (secondary N) is 3. The zero-order chi connectivity index (χ0) is 30.3. The maximum atomic E-state index is 13.6. The van der Waals surface area contributed by atoms with Crippen LogP contribution >= 0.6 is 0 Å². The number of hydrogen-bond acceptors (Lipinski definition) is 6. The molecule has 226 valence electrons. The maximum Gasteiger partial charge on any atom is 0.272 e.